The zero-order valence-corrected chi connectivity index (χ0v) is 20.5. The number of anilines is 4. The number of rotatable bonds is 6. The van der Waals surface area contributed by atoms with E-state index in [1.54, 1.807) is 0 Å². The average Bonchev–Trinajstić information content (AvgIpc) is 2.95. The van der Waals surface area contributed by atoms with Crippen molar-refractivity contribution >= 4 is 33.8 Å². The van der Waals surface area contributed by atoms with Crippen LogP contribution in [0.1, 0.15) is 5.56 Å². The number of benzene rings is 3. The van der Waals surface area contributed by atoms with Crippen molar-refractivity contribution in [2.24, 2.45) is 0 Å². The van der Waals surface area contributed by atoms with Gasteiger partial charge in [0.2, 0.25) is 0 Å². The fourth-order valence-corrected chi connectivity index (χ4v) is 5.09. The predicted octanol–water partition coefficient (Wildman–Crippen LogP) is 4.53. The van der Waals surface area contributed by atoms with Crippen LogP contribution in [0.15, 0.2) is 78.9 Å². The van der Waals surface area contributed by atoms with Crippen LogP contribution in [-0.2, 0) is 11.3 Å². The lowest BCUT2D eigenvalue weighted by atomic mass is 10.1. The van der Waals surface area contributed by atoms with Gasteiger partial charge in [0, 0.05) is 68.0 Å². The largest absolute Gasteiger partial charge is 0.378 e. The highest BCUT2D eigenvalue weighted by molar-refractivity contribution is 5.99. The third-order valence-corrected chi connectivity index (χ3v) is 7.09. The molecular formula is C29H32N6O. The number of hydrogen-bond donors (Lipinski definition) is 1. The highest BCUT2D eigenvalue weighted by Gasteiger charge is 2.21. The van der Waals surface area contributed by atoms with Gasteiger partial charge >= 0.3 is 0 Å². The number of nitrogens with zero attached hydrogens (tertiary/aromatic N) is 5. The van der Waals surface area contributed by atoms with E-state index in [0.29, 0.717) is 0 Å². The quantitative estimate of drug-likeness (QED) is 0.435. The standard InChI is InChI=1S/C29H32N6O/c1-2-6-23(7-3-1)22-33-14-16-35(17-15-33)29-27-9-5-4-8-26(27)28(31-32-29)30-24-10-12-25(13-11-24)34-18-20-36-21-19-34/h1-13H,14-22H2,(H,30,31). The molecule has 36 heavy (non-hydrogen) atoms. The molecule has 2 aliphatic rings. The summed E-state index contributed by atoms with van der Waals surface area (Å²) in [7, 11) is 0. The molecule has 2 aliphatic heterocycles. The van der Waals surface area contributed by atoms with Gasteiger partial charge in [-0.25, -0.2) is 0 Å². The molecule has 0 atom stereocenters. The molecule has 1 N–H and O–H groups in total. The highest BCUT2D eigenvalue weighted by atomic mass is 16.5. The SMILES string of the molecule is c1ccc(CN2CCN(c3nnc(Nc4ccc(N5CCOCC5)cc4)c4ccccc34)CC2)cc1. The van der Waals surface area contributed by atoms with Crippen molar-refractivity contribution in [3.8, 4) is 0 Å². The third kappa shape index (κ3) is 4.98. The Bertz CT molecular complexity index is 1280. The minimum Gasteiger partial charge on any atom is -0.378 e. The maximum absolute atomic E-state index is 5.47. The molecule has 0 radical (unpaired) electrons. The fraction of sp³-hybridized carbons (Fsp3) is 0.310. The van der Waals surface area contributed by atoms with Gasteiger partial charge in [-0.15, -0.1) is 10.2 Å². The maximum Gasteiger partial charge on any atom is 0.161 e. The van der Waals surface area contributed by atoms with Crippen LogP contribution in [0.2, 0.25) is 0 Å². The van der Waals surface area contributed by atoms with Crippen molar-refractivity contribution in [1.29, 1.82) is 0 Å². The summed E-state index contributed by atoms with van der Waals surface area (Å²) >= 11 is 0. The number of aromatic nitrogens is 2. The molecule has 184 valence electrons. The lowest BCUT2D eigenvalue weighted by molar-refractivity contribution is 0.122. The molecular weight excluding hydrogens is 448 g/mol. The van der Waals surface area contributed by atoms with Gasteiger partial charge in [0.15, 0.2) is 11.6 Å². The number of ether oxygens (including phenoxy) is 1. The number of piperazine rings is 1. The monoisotopic (exact) mass is 480 g/mol. The van der Waals surface area contributed by atoms with Crippen molar-refractivity contribution in [2.75, 3.05) is 67.6 Å². The van der Waals surface area contributed by atoms with Crippen LogP contribution in [0, 0.1) is 0 Å². The fourth-order valence-electron chi connectivity index (χ4n) is 5.09. The minimum atomic E-state index is 0.788. The summed E-state index contributed by atoms with van der Waals surface area (Å²) in [5, 5.41) is 15.1. The van der Waals surface area contributed by atoms with Gasteiger partial charge in [0.05, 0.1) is 13.2 Å². The van der Waals surface area contributed by atoms with Gasteiger partial charge in [0.25, 0.3) is 0 Å². The van der Waals surface area contributed by atoms with Crippen molar-refractivity contribution in [3.63, 3.8) is 0 Å². The van der Waals surface area contributed by atoms with Gasteiger partial charge in [-0.2, -0.15) is 0 Å². The van der Waals surface area contributed by atoms with Crippen LogP contribution in [0.3, 0.4) is 0 Å². The van der Waals surface area contributed by atoms with E-state index in [-0.39, 0.29) is 0 Å². The summed E-state index contributed by atoms with van der Waals surface area (Å²) in [5.41, 5.74) is 3.60. The normalized spacial score (nSPS) is 16.9. The summed E-state index contributed by atoms with van der Waals surface area (Å²) < 4.78 is 5.47. The van der Waals surface area contributed by atoms with E-state index in [9.17, 15) is 0 Å². The molecule has 0 unspecified atom stereocenters. The van der Waals surface area contributed by atoms with Crippen LogP contribution in [-0.4, -0.2) is 67.6 Å². The smallest absolute Gasteiger partial charge is 0.161 e. The van der Waals surface area contributed by atoms with E-state index in [1.807, 2.05) is 0 Å². The molecule has 6 rings (SSSR count). The molecule has 3 aromatic carbocycles. The van der Waals surface area contributed by atoms with Crippen LogP contribution >= 0.6 is 0 Å². The number of fused-ring (bicyclic) bond motifs is 1. The Hall–Kier alpha value is -3.68. The van der Waals surface area contributed by atoms with Crippen molar-refractivity contribution < 1.29 is 4.74 Å². The van der Waals surface area contributed by atoms with Gasteiger partial charge in [-0.05, 0) is 29.8 Å². The Morgan fingerprint density at radius 2 is 1.36 bits per heavy atom. The van der Waals surface area contributed by atoms with E-state index in [2.05, 4.69) is 104 Å². The van der Waals surface area contributed by atoms with E-state index >= 15 is 0 Å². The second-order valence-electron chi connectivity index (χ2n) is 9.44. The van der Waals surface area contributed by atoms with E-state index in [0.717, 1.165) is 87.1 Å². The molecule has 2 saturated heterocycles. The lowest BCUT2D eigenvalue weighted by Crippen LogP contribution is -2.46. The lowest BCUT2D eigenvalue weighted by Gasteiger charge is -2.35. The molecule has 0 amide bonds. The molecule has 0 spiro atoms. The second-order valence-corrected chi connectivity index (χ2v) is 9.44. The van der Waals surface area contributed by atoms with Crippen molar-refractivity contribution in [1.82, 2.24) is 15.1 Å². The summed E-state index contributed by atoms with van der Waals surface area (Å²) in [6.07, 6.45) is 0. The van der Waals surface area contributed by atoms with Gasteiger partial charge in [-0.3, -0.25) is 4.90 Å². The van der Waals surface area contributed by atoms with Crippen molar-refractivity contribution in [3.05, 3.63) is 84.4 Å². The third-order valence-electron chi connectivity index (χ3n) is 7.09. The summed E-state index contributed by atoms with van der Waals surface area (Å²) in [6.45, 7) is 8.36. The average molecular weight is 481 g/mol. The Labute approximate surface area is 212 Å². The zero-order valence-electron chi connectivity index (χ0n) is 20.5. The van der Waals surface area contributed by atoms with Crippen LogP contribution in [0.25, 0.3) is 10.8 Å². The molecule has 0 bridgehead atoms. The molecule has 7 heteroatoms. The molecule has 4 aromatic rings. The number of nitrogens with one attached hydrogen (secondary N) is 1. The predicted molar refractivity (Wildman–Crippen MR) is 146 cm³/mol. The van der Waals surface area contributed by atoms with E-state index in [4.69, 9.17) is 9.84 Å². The summed E-state index contributed by atoms with van der Waals surface area (Å²) in [4.78, 5) is 7.24. The number of morpholine rings is 1. The Morgan fingerprint density at radius 3 is 2.11 bits per heavy atom. The number of hydrogen-bond acceptors (Lipinski definition) is 7. The van der Waals surface area contributed by atoms with E-state index in [1.165, 1.54) is 11.3 Å². The molecule has 2 fully saturated rings. The van der Waals surface area contributed by atoms with Gasteiger partial charge < -0.3 is 19.9 Å². The molecule has 3 heterocycles. The first kappa shape index (κ1) is 22.8. The van der Waals surface area contributed by atoms with Crippen LogP contribution in [0.5, 0.6) is 0 Å². The topological polar surface area (TPSA) is 56.8 Å². The van der Waals surface area contributed by atoms with Crippen molar-refractivity contribution in [2.45, 2.75) is 6.54 Å². The second kappa shape index (κ2) is 10.5. The molecule has 7 nitrogen and oxygen atoms in total. The minimum absolute atomic E-state index is 0.788. The first-order valence-electron chi connectivity index (χ1n) is 12.8. The Morgan fingerprint density at radius 1 is 0.667 bits per heavy atom. The summed E-state index contributed by atoms with van der Waals surface area (Å²) in [5.74, 6) is 1.76. The Balaban J connectivity index is 1.16. The van der Waals surface area contributed by atoms with Crippen LogP contribution < -0.4 is 15.1 Å². The first-order chi connectivity index (χ1) is 17.8. The maximum atomic E-state index is 5.47. The van der Waals surface area contributed by atoms with Gasteiger partial charge in [0.1, 0.15) is 0 Å². The molecule has 1 aromatic heterocycles. The van der Waals surface area contributed by atoms with Crippen LogP contribution in [0.4, 0.5) is 23.0 Å². The zero-order chi connectivity index (χ0) is 24.2. The highest BCUT2D eigenvalue weighted by Crippen LogP contribution is 2.31. The van der Waals surface area contributed by atoms with E-state index < -0.39 is 0 Å². The van der Waals surface area contributed by atoms with Gasteiger partial charge in [-0.1, -0.05) is 54.6 Å². The Kier molecular flexibility index (Phi) is 6.65. The molecule has 0 aliphatic carbocycles. The first-order valence-corrected chi connectivity index (χ1v) is 12.8. The molecule has 0 saturated carbocycles. The summed E-state index contributed by atoms with van der Waals surface area (Å²) in [6, 6.07) is 27.7.